The van der Waals surface area contributed by atoms with Crippen LogP contribution in [0.15, 0.2) is 18.6 Å². The zero-order valence-electron chi connectivity index (χ0n) is 13.6. The number of hydrogen-bond acceptors (Lipinski definition) is 5. The molecule has 2 aromatic heterocycles. The molecule has 0 aromatic carbocycles. The number of nitrogens with zero attached hydrogens (tertiary/aromatic N) is 4. The van der Waals surface area contributed by atoms with Crippen LogP contribution in [0.2, 0.25) is 0 Å². The van der Waals surface area contributed by atoms with E-state index < -0.39 is 12.0 Å². The molecule has 4 heterocycles. The molecule has 2 aliphatic heterocycles. The van der Waals surface area contributed by atoms with Gasteiger partial charge in [0.2, 0.25) is 0 Å². The van der Waals surface area contributed by atoms with Crippen LogP contribution in [0.3, 0.4) is 0 Å². The predicted molar refractivity (Wildman–Crippen MR) is 86.6 cm³/mol. The highest BCUT2D eigenvalue weighted by Crippen LogP contribution is 2.29. The van der Waals surface area contributed by atoms with Crippen LogP contribution in [0.25, 0.3) is 11.0 Å². The first kappa shape index (κ1) is 16.2. The Kier molecular flexibility index (Phi) is 4.03. The summed E-state index contributed by atoms with van der Waals surface area (Å²) in [6.07, 6.45) is 2.03. The maximum atomic E-state index is 13.3. The quantitative estimate of drug-likeness (QED) is 0.886. The molecule has 9 heteroatoms. The molecular formula is C16H19F2N5O2. The van der Waals surface area contributed by atoms with E-state index in [4.69, 9.17) is 4.74 Å². The van der Waals surface area contributed by atoms with Gasteiger partial charge in [-0.3, -0.25) is 4.79 Å². The van der Waals surface area contributed by atoms with Crippen molar-refractivity contribution in [2.24, 2.45) is 0 Å². The smallest absolute Gasteiger partial charge is 0.253 e. The Morgan fingerprint density at radius 1 is 1.28 bits per heavy atom. The molecule has 0 bridgehead atoms. The molecule has 2 aliphatic rings. The second-order valence-electron chi connectivity index (χ2n) is 6.42. The summed E-state index contributed by atoms with van der Waals surface area (Å²) in [4.78, 5) is 27.7. The number of halogens is 2. The van der Waals surface area contributed by atoms with Crippen molar-refractivity contribution in [2.75, 3.05) is 37.7 Å². The molecule has 0 spiro atoms. The highest BCUT2D eigenvalue weighted by Gasteiger charge is 2.38. The van der Waals surface area contributed by atoms with E-state index in [1.54, 1.807) is 6.20 Å². The molecule has 1 amide bonds. The van der Waals surface area contributed by atoms with E-state index in [0.717, 1.165) is 16.9 Å². The number of carbonyl (C=O) groups is 1. The van der Waals surface area contributed by atoms with Gasteiger partial charge in [0.25, 0.3) is 11.8 Å². The number of hydrogen-bond donors (Lipinski definition) is 1. The highest BCUT2D eigenvalue weighted by molar-refractivity contribution is 5.88. The van der Waals surface area contributed by atoms with Gasteiger partial charge < -0.3 is 19.5 Å². The Labute approximate surface area is 143 Å². The molecule has 1 N–H and O–H groups in total. The molecule has 2 saturated heterocycles. The van der Waals surface area contributed by atoms with E-state index in [-0.39, 0.29) is 31.8 Å². The van der Waals surface area contributed by atoms with E-state index >= 15 is 0 Å². The molecule has 0 radical (unpaired) electrons. The van der Waals surface area contributed by atoms with Crippen molar-refractivity contribution in [1.29, 1.82) is 0 Å². The Balaban J connectivity index is 1.48. The number of piperidine rings is 1. The molecule has 7 nitrogen and oxygen atoms in total. The van der Waals surface area contributed by atoms with E-state index in [9.17, 15) is 13.6 Å². The number of likely N-dealkylation sites (tertiary alicyclic amines) is 1. The molecule has 25 heavy (non-hydrogen) atoms. The van der Waals surface area contributed by atoms with E-state index in [1.807, 2.05) is 11.0 Å². The molecular weight excluding hydrogens is 332 g/mol. The van der Waals surface area contributed by atoms with Gasteiger partial charge in [0.05, 0.1) is 18.5 Å². The first-order valence-corrected chi connectivity index (χ1v) is 8.35. The van der Waals surface area contributed by atoms with Crippen molar-refractivity contribution in [1.82, 2.24) is 19.9 Å². The number of rotatable bonds is 2. The van der Waals surface area contributed by atoms with Gasteiger partial charge in [-0.25, -0.2) is 18.7 Å². The molecule has 4 rings (SSSR count). The SMILES string of the molecule is O=C(C1CN(c2ncnc3[nH]ccc23)CCO1)N1CCC(F)(F)CC1. The molecule has 1 unspecified atom stereocenters. The van der Waals surface area contributed by atoms with E-state index in [2.05, 4.69) is 15.0 Å². The van der Waals surface area contributed by atoms with Crippen LogP contribution in [0.5, 0.6) is 0 Å². The summed E-state index contributed by atoms with van der Waals surface area (Å²) >= 11 is 0. The third-order valence-corrected chi connectivity index (χ3v) is 4.78. The van der Waals surface area contributed by atoms with Gasteiger partial charge >= 0.3 is 0 Å². The lowest BCUT2D eigenvalue weighted by molar-refractivity contribution is -0.150. The Morgan fingerprint density at radius 2 is 2.08 bits per heavy atom. The maximum absolute atomic E-state index is 13.3. The van der Waals surface area contributed by atoms with Gasteiger partial charge in [-0.05, 0) is 6.07 Å². The number of H-pyrrole nitrogens is 1. The Morgan fingerprint density at radius 3 is 2.88 bits per heavy atom. The number of aromatic amines is 1. The van der Waals surface area contributed by atoms with Crippen LogP contribution in [0, 0.1) is 0 Å². The minimum absolute atomic E-state index is 0.0707. The van der Waals surface area contributed by atoms with E-state index in [1.165, 1.54) is 11.2 Å². The van der Waals surface area contributed by atoms with Gasteiger partial charge in [0, 0.05) is 38.7 Å². The number of morpholine rings is 1. The third-order valence-electron chi connectivity index (χ3n) is 4.78. The summed E-state index contributed by atoms with van der Waals surface area (Å²) < 4.78 is 32.2. The van der Waals surface area contributed by atoms with Gasteiger partial charge in [0.1, 0.15) is 17.8 Å². The number of nitrogens with one attached hydrogen (secondary N) is 1. The minimum Gasteiger partial charge on any atom is -0.365 e. The molecule has 0 aliphatic carbocycles. The topological polar surface area (TPSA) is 74.3 Å². The zero-order chi connectivity index (χ0) is 17.4. The van der Waals surface area contributed by atoms with Crippen LogP contribution >= 0.6 is 0 Å². The van der Waals surface area contributed by atoms with Crippen LogP contribution in [0.1, 0.15) is 12.8 Å². The fraction of sp³-hybridized carbons (Fsp3) is 0.562. The first-order chi connectivity index (χ1) is 12.0. The first-order valence-electron chi connectivity index (χ1n) is 8.35. The average molecular weight is 351 g/mol. The molecule has 134 valence electrons. The number of aromatic nitrogens is 3. The Bertz CT molecular complexity index is 771. The molecule has 2 aromatic rings. The van der Waals surface area contributed by atoms with Crippen molar-refractivity contribution in [3.8, 4) is 0 Å². The number of fused-ring (bicyclic) bond motifs is 1. The second-order valence-corrected chi connectivity index (χ2v) is 6.42. The lowest BCUT2D eigenvalue weighted by Crippen LogP contribution is -2.53. The molecule has 0 saturated carbocycles. The number of alkyl halides is 2. The fourth-order valence-electron chi connectivity index (χ4n) is 3.36. The summed E-state index contributed by atoms with van der Waals surface area (Å²) in [5.41, 5.74) is 0.734. The third kappa shape index (κ3) is 3.15. The normalized spacial score (nSPS) is 23.8. The van der Waals surface area contributed by atoms with Crippen molar-refractivity contribution < 1.29 is 18.3 Å². The largest absolute Gasteiger partial charge is 0.365 e. The highest BCUT2D eigenvalue weighted by atomic mass is 19.3. The lowest BCUT2D eigenvalue weighted by Gasteiger charge is -2.38. The summed E-state index contributed by atoms with van der Waals surface area (Å²) in [5.74, 6) is -2.14. The number of carbonyl (C=O) groups excluding carboxylic acids is 1. The minimum atomic E-state index is -2.67. The van der Waals surface area contributed by atoms with Gasteiger partial charge in [0.15, 0.2) is 6.10 Å². The number of amides is 1. The van der Waals surface area contributed by atoms with Gasteiger partial charge in [-0.15, -0.1) is 0 Å². The summed E-state index contributed by atoms with van der Waals surface area (Å²) in [5, 5.41) is 0.883. The standard InChI is InChI=1S/C16H19F2N5O2/c17-16(18)2-5-22(6-3-16)15(24)12-9-23(7-8-25-12)14-11-1-4-19-13(11)20-10-21-14/h1,4,10,12H,2-3,5-9H2,(H,19,20,21). The second kappa shape index (κ2) is 6.21. The van der Waals surface area contributed by atoms with Crippen LogP contribution in [0.4, 0.5) is 14.6 Å². The van der Waals surface area contributed by atoms with E-state index in [0.29, 0.717) is 19.7 Å². The van der Waals surface area contributed by atoms with Crippen LogP contribution in [-0.2, 0) is 9.53 Å². The summed E-state index contributed by atoms with van der Waals surface area (Å²) in [6, 6.07) is 1.89. The van der Waals surface area contributed by atoms with Crippen molar-refractivity contribution >= 4 is 22.8 Å². The monoisotopic (exact) mass is 351 g/mol. The number of anilines is 1. The zero-order valence-corrected chi connectivity index (χ0v) is 13.6. The average Bonchev–Trinajstić information content (AvgIpc) is 3.10. The summed E-state index contributed by atoms with van der Waals surface area (Å²) in [7, 11) is 0. The van der Waals surface area contributed by atoms with Crippen molar-refractivity contribution in [3.63, 3.8) is 0 Å². The van der Waals surface area contributed by atoms with Crippen LogP contribution < -0.4 is 4.90 Å². The fourth-order valence-corrected chi connectivity index (χ4v) is 3.36. The number of ether oxygens (including phenoxy) is 1. The predicted octanol–water partition coefficient (Wildman–Crippen LogP) is 1.42. The molecule has 2 fully saturated rings. The van der Waals surface area contributed by atoms with Crippen molar-refractivity contribution in [3.05, 3.63) is 18.6 Å². The van der Waals surface area contributed by atoms with Crippen LogP contribution in [-0.4, -0.2) is 70.6 Å². The Hall–Kier alpha value is -2.29. The lowest BCUT2D eigenvalue weighted by atomic mass is 10.1. The molecule has 1 atom stereocenters. The maximum Gasteiger partial charge on any atom is 0.253 e. The van der Waals surface area contributed by atoms with Gasteiger partial charge in [-0.1, -0.05) is 0 Å². The summed E-state index contributed by atoms with van der Waals surface area (Å²) in [6.45, 7) is 1.49. The van der Waals surface area contributed by atoms with Gasteiger partial charge in [-0.2, -0.15) is 0 Å². The van der Waals surface area contributed by atoms with Crippen molar-refractivity contribution in [2.45, 2.75) is 24.9 Å².